The van der Waals surface area contributed by atoms with Gasteiger partial charge < -0.3 is 14.5 Å². The maximum absolute atomic E-state index is 13.0. The summed E-state index contributed by atoms with van der Waals surface area (Å²) >= 11 is 0. The topological polar surface area (TPSA) is 72.2 Å². The molecular formula is C21H22F3N7O. The molecule has 3 aliphatic heterocycles. The molecule has 0 saturated carbocycles. The second kappa shape index (κ2) is 6.77. The lowest BCUT2D eigenvalue weighted by atomic mass is 9.79. The molecule has 8 nitrogen and oxygen atoms in total. The SMILES string of the molecule is Cc1nn(C2COC2)c2nc(N3CC4(CCN(c5ccnc(C(F)(F)F)c5)C4)C3)cnc12. The van der Waals surface area contributed by atoms with Crippen molar-refractivity contribution in [1.29, 1.82) is 0 Å². The van der Waals surface area contributed by atoms with Gasteiger partial charge in [0.1, 0.15) is 23.1 Å². The normalized spacial score (nSPS) is 20.8. The van der Waals surface area contributed by atoms with Crippen molar-refractivity contribution in [2.45, 2.75) is 25.6 Å². The monoisotopic (exact) mass is 445 g/mol. The zero-order valence-electron chi connectivity index (χ0n) is 17.5. The molecule has 0 amide bonds. The summed E-state index contributed by atoms with van der Waals surface area (Å²) in [6.45, 7) is 6.26. The van der Waals surface area contributed by atoms with Crippen LogP contribution in [0.5, 0.6) is 0 Å². The Morgan fingerprint density at radius 2 is 1.91 bits per heavy atom. The van der Waals surface area contributed by atoms with Gasteiger partial charge in [-0.15, -0.1) is 0 Å². The Hall–Kier alpha value is -2.95. The third kappa shape index (κ3) is 3.09. The van der Waals surface area contributed by atoms with E-state index in [0.717, 1.165) is 61.3 Å². The van der Waals surface area contributed by atoms with Crippen LogP contribution < -0.4 is 9.80 Å². The molecule has 3 fully saturated rings. The van der Waals surface area contributed by atoms with Crippen molar-refractivity contribution in [3.05, 3.63) is 35.9 Å². The van der Waals surface area contributed by atoms with Gasteiger partial charge in [-0.1, -0.05) is 0 Å². The third-order valence-electron chi connectivity index (χ3n) is 6.74. The lowest BCUT2D eigenvalue weighted by Crippen LogP contribution is -2.58. The maximum atomic E-state index is 13.0. The molecule has 3 aliphatic rings. The highest BCUT2D eigenvalue weighted by Gasteiger charge is 2.48. The van der Waals surface area contributed by atoms with Crippen LogP contribution in [-0.2, 0) is 10.9 Å². The smallest absolute Gasteiger partial charge is 0.377 e. The number of aryl methyl sites for hydroxylation is 1. The number of nitrogens with zero attached hydrogens (tertiary/aromatic N) is 7. The fourth-order valence-electron chi connectivity index (χ4n) is 4.92. The number of alkyl halides is 3. The molecule has 168 valence electrons. The van der Waals surface area contributed by atoms with Crippen molar-refractivity contribution in [2.75, 3.05) is 49.2 Å². The van der Waals surface area contributed by atoms with Crippen molar-refractivity contribution in [2.24, 2.45) is 5.41 Å². The van der Waals surface area contributed by atoms with E-state index in [1.54, 1.807) is 12.3 Å². The van der Waals surface area contributed by atoms with Crippen LogP contribution in [-0.4, -0.2) is 64.1 Å². The minimum absolute atomic E-state index is 0.0519. The van der Waals surface area contributed by atoms with Gasteiger partial charge in [0, 0.05) is 43.5 Å². The Bertz CT molecular complexity index is 1180. The highest BCUT2D eigenvalue weighted by Crippen LogP contribution is 2.43. The second-order valence-electron chi connectivity index (χ2n) is 9.05. The first-order valence-corrected chi connectivity index (χ1v) is 10.6. The first kappa shape index (κ1) is 19.7. The molecule has 32 heavy (non-hydrogen) atoms. The molecule has 1 spiro atoms. The molecule has 0 radical (unpaired) electrons. The number of hydrogen-bond acceptors (Lipinski definition) is 7. The number of fused-ring (bicyclic) bond motifs is 1. The predicted octanol–water partition coefficient (Wildman–Crippen LogP) is 2.84. The van der Waals surface area contributed by atoms with Gasteiger partial charge >= 0.3 is 6.18 Å². The molecule has 0 unspecified atom stereocenters. The van der Waals surface area contributed by atoms with Crippen molar-refractivity contribution in [3.8, 4) is 0 Å². The molecule has 3 aromatic rings. The van der Waals surface area contributed by atoms with E-state index in [-0.39, 0.29) is 11.5 Å². The second-order valence-corrected chi connectivity index (χ2v) is 9.05. The van der Waals surface area contributed by atoms with E-state index in [9.17, 15) is 13.2 Å². The average molecular weight is 445 g/mol. The third-order valence-corrected chi connectivity index (χ3v) is 6.74. The summed E-state index contributed by atoms with van der Waals surface area (Å²) in [7, 11) is 0. The molecule has 11 heteroatoms. The first-order valence-electron chi connectivity index (χ1n) is 10.6. The van der Waals surface area contributed by atoms with Crippen molar-refractivity contribution in [3.63, 3.8) is 0 Å². The number of aromatic nitrogens is 5. The van der Waals surface area contributed by atoms with Gasteiger partial charge in [0.15, 0.2) is 5.65 Å². The average Bonchev–Trinajstić information content (AvgIpc) is 3.28. The Morgan fingerprint density at radius 3 is 2.62 bits per heavy atom. The van der Waals surface area contributed by atoms with Crippen molar-refractivity contribution >= 4 is 22.7 Å². The van der Waals surface area contributed by atoms with Crippen molar-refractivity contribution < 1.29 is 17.9 Å². The number of halogens is 3. The molecule has 3 aromatic heterocycles. The number of anilines is 2. The minimum atomic E-state index is -4.44. The number of ether oxygens (including phenoxy) is 1. The zero-order valence-corrected chi connectivity index (χ0v) is 17.5. The Balaban J connectivity index is 1.18. The lowest BCUT2D eigenvalue weighted by molar-refractivity contribution is -0.141. The zero-order chi connectivity index (χ0) is 22.1. The van der Waals surface area contributed by atoms with E-state index < -0.39 is 11.9 Å². The summed E-state index contributed by atoms with van der Waals surface area (Å²) in [5.74, 6) is 0.811. The molecule has 6 heterocycles. The molecule has 0 aromatic carbocycles. The number of rotatable bonds is 3. The molecule has 0 N–H and O–H groups in total. The molecular weight excluding hydrogens is 423 g/mol. The first-order chi connectivity index (χ1) is 15.3. The van der Waals surface area contributed by atoms with E-state index in [4.69, 9.17) is 9.72 Å². The van der Waals surface area contributed by atoms with Gasteiger partial charge in [-0.3, -0.25) is 4.98 Å². The highest BCUT2D eigenvalue weighted by molar-refractivity contribution is 5.75. The van der Waals surface area contributed by atoms with Crippen LogP contribution in [0.1, 0.15) is 23.9 Å². The highest BCUT2D eigenvalue weighted by atomic mass is 19.4. The van der Waals surface area contributed by atoms with E-state index in [0.29, 0.717) is 18.9 Å². The van der Waals surface area contributed by atoms with Gasteiger partial charge in [0.2, 0.25) is 0 Å². The van der Waals surface area contributed by atoms with Gasteiger partial charge in [0.05, 0.1) is 25.1 Å². The van der Waals surface area contributed by atoms with Gasteiger partial charge in [-0.05, 0) is 25.5 Å². The maximum Gasteiger partial charge on any atom is 0.433 e. The van der Waals surface area contributed by atoms with Gasteiger partial charge in [-0.2, -0.15) is 18.3 Å². The summed E-state index contributed by atoms with van der Waals surface area (Å²) < 4.78 is 46.3. The fourth-order valence-corrected chi connectivity index (χ4v) is 4.92. The predicted molar refractivity (Wildman–Crippen MR) is 111 cm³/mol. The Morgan fingerprint density at radius 1 is 1.12 bits per heavy atom. The molecule has 0 atom stereocenters. The molecule has 0 bridgehead atoms. The number of hydrogen-bond donors (Lipinski definition) is 0. The molecule has 3 saturated heterocycles. The van der Waals surface area contributed by atoms with Crippen LogP contribution in [0.2, 0.25) is 0 Å². The minimum Gasteiger partial charge on any atom is -0.377 e. The van der Waals surface area contributed by atoms with Crippen LogP contribution in [0.25, 0.3) is 11.2 Å². The van der Waals surface area contributed by atoms with Crippen LogP contribution >= 0.6 is 0 Å². The van der Waals surface area contributed by atoms with Crippen LogP contribution in [0.3, 0.4) is 0 Å². The Kier molecular flexibility index (Phi) is 4.17. The van der Waals surface area contributed by atoms with E-state index in [2.05, 4.69) is 20.0 Å². The van der Waals surface area contributed by atoms with Gasteiger partial charge in [0.25, 0.3) is 0 Å². The van der Waals surface area contributed by atoms with Crippen LogP contribution in [0, 0.1) is 12.3 Å². The Labute approximate surface area is 182 Å². The van der Waals surface area contributed by atoms with E-state index >= 15 is 0 Å². The summed E-state index contributed by atoms with van der Waals surface area (Å²) in [4.78, 5) is 17.1. The number of pyridine rings is 1. The standard InChI is InChI=1S/C21H22F3N7O/c1-13-18-19(31(28-13)15-8-32-9-15)27-17(7-26-18)30-11-20(12-30)3-5-29(10-20)14-2-4-25-16(6-14)21(22,23)24/h2,4,6-7,15H,3,5,8-12H2,1H3. The van der Waals surface area contributed by atoms with E-state index in [1.807, 2.05) is 16.5 Å². The summed E-state index contributed by atoms with van der Waals surface area (Å²) in [6.07, 6.45) is -0.482. The lowest BCUT2D eigenvalue weighted by Gasteiger charge is -2.48. The summed E-state index contributed by atoms with van der Waals surface area (Å²) in [5, 5.41) is 4.60. The van der Waals surface area contributed by atoms with Crippen molar-refractivity contribution in [1.82, 2.24) is 24.7 Å². The van der Waals surface area contributed by atoms with Crippen LogP contribution in [0.4, 0.5) is 24.7 Å². The molecule has 0 aliphatic carbocycles. The fraction of sp³-hybridized carbons (Fsp3) is 0.524. The quantitative estimate of drug-likeness (QED) is 0.614. The summed E-state index contributed by atoms with van der Waals surface area (Å²) in [5.41, 5.74) is 2.22. The summed E-state index contributed by atoms with van der Waals surface area (Å²) in [6, 6.07) is 2.99. The largest absolute Gasteiger partial charge is 0.433 e. The van der Waals surface area contributed by atoms with Crippen LogP contribution in [0.15, 0.2) is 24.5 Å². The van der Waals surface area contributed by atoms with E-state index in [1.165, 1.54) is 6.20 Å². The molecule has 6 rings (SSSR count). The van der Waals surface area contributed by atoms with Gasteiger partial charge in [-0.25, -0.2) is 14.6 Å².